The lowest BCUT2D eigenvalue weighted by Crippen LogP contribution is -2.54. The number of nitrogens with two attached hydrogens (primary N) is 1. The van der Waals surface area contributed by atoms with Crippen LogP contribution in [0.4, 0.5) is 0 Å². The second-order valence-corrected chi connectivity index (χ2v) is 8.58. The van der Waals surface area contributed by atoms with Crippen molar-refractivity contribution in [2.75, 3.05) is 0 Å². The molecular formula is C22H27NO3. The van der Waals surface area contributed by atoms with Crippen LogP contribution >= 0.6 is 0 Å². The molecular weight excluding hydrogens is 326 g/mol. The zero-order valence-electron chi connectivity index (χ0n) is 15.5. The van der Waals surface area contributed by atoms with E-state index in [0.29, 0.717) is 30.2 Å². The van der Waals surface area contributed by atoms with Gasteiger partial charge in [-0.05, 0) is 74.1 Å². The Morgan fingerprint density at radius 2 is 2.12 bits per heavy atom. The average Bonchev–Trinajstić information content (AvgIpc) is 2.85. The number of carbonyl (C=O) groups excluding carboxylic acids is 1. The Labute approximate surface area is 154 Å². The van der Waals surface area contributed by atoms with Gasteiger partial charge in [-0.15, -0.1) is 5.92 Å². The molecule has 3 aliphatic rings. The van der Waals surface area contributed by atoms with Gasteiger partial charge in [0, 0.05) is 16.9 Å². The van der Waals surface area contributed by atoms with Gasteiger partial charge in [0.15, 0.2) is 0 Å². The fraction of sp³-hybridized carbons (Fsp3) is 0.591. The highest BCUT2D eigenvalue weighted by atomic mass is 16.3. The van der Waals surface area contributed by atoms with Crippen LogP contribution < -0.4 is 5.73 Å². The summed E-state index contributed by atoms with van der Waals surface area (Å²) >= 11 is 0. The van der Waals surface area contributed by atoms with Crippen molar-refractivity contribution < 1.29 is 15.0 Å². The van der Waals surface area contributed by atoms with Crippen molar-refractivity contribution in [2.24, 2.45) is 23.0 Å². The minimum Gasteiger partial charge on any atom is -0.392 e. The summed E-state index contributed by atoms with van der Waals surface area (Å²) in [5.74, 6) is 6.30. The van der Waals surface area contributed by atoms with Crippen molar-refractivity contribution in [3.63, 3.8) is 0 Å². The van der Waals surface area contributed by atoms with Crippen LogP contribution in [0, 0.1) is 29.1 Å². The highest BCUT2D eigenvalue weighted by Gasteiger charge is 2.63. The number of rotatable bonds is 1. The topological polar surface area (TPSA) is 83.5 Å². The minimum absolute atomic E-state index is 0.0655. The maximum Gasteiger partial charge on any atom is 0.248 e. The standard InChI is InChI=1S/C22H27NO3/c1-3-9-22(26)10-8-17-16-7-4-13-11-14(20(23)25)5-6-15(13)19(16)18(24)12-21(17,22)2/h5-6,11,16-19,24,26H,4,7-8,10,12H2,1-2H3,(H2,23,25)/t16-,17-,18-,19+,21-,22-/m0/s1. The number of aliphatic hydroxyl groups is 2. The molecule has 1 amide bonds. The Morgan fingerprint density at radius 3 is 2.81 bits per heavy atom. The predicted molar refractivity (Wildman–Crippen MR) is 99.4 cm³/mol. The third kappa shape index (κ3) is 2.27. The molecule has 2 fully saturated rings. The number of benzene rings is 1. The molecule has 0 aliphatic heterocycles. The van der Waals surface area contributed by atoms with Crippen molar-refractivity contribution in [1.82, 2.24) is 0 Å². The first-order valence-corrected chi connectivity index (χ1v) is 9.58. The van der Waals surface area contributed by atoms with E-state index in [4.69, 9.17) is 5.73 Å². The van der Waals surface area contributed by atoms with E-state index < -0.39 is 17.6 Å². The summed E-state index contributed by atoms with van der Waals surface area (Å²) in [6.45, 7) is 3.88. The van der Waals surface area contributed by atoms with Crippen LogP contribution in [-0.4, -0.2) is 27.8 Å². The summed E-state index contributed by atoms with van der Waals surface area (Å²) in [6.07, 6.45) is 3.52. The molecule has 0 aromatic heterocycles. The summed E-state index contributed by atoms with van der Waals surface area (Å²) in [6, 6.07) is 5.64. The largest absolute Gasteiger partial charge is 0.392 e. The van der Waals surface area contributed by atoms with Crippen molar-refractivity contribution in [2.45, 2.75) is 63.6 Å². The number of hydrogen-bond donors (Lipinski definition) is 3. The molecule has 0 heterocycles. The Bertz CT molecular complexity index is 822. The number of hydrogen-bond acceptors (Lipinski definition) is 3. The summed E-state index contributed by atoms with van der Waals surface area (Å²) in [4.78, 5) is 11.5. The van der Waals surface area contributed by atoms with Crippen LogP contribution in [0.2, 0.25) is 0 Å². The van der Waals surface area contributed by atoms with E-state index in [1.165, 1.54) is 0 Å². The van der Waals surface area contributed by atoms with Gasteiger partial charge in [-0.3, -0.25) is 4.79 Å². The first-order chi connectivity index (χ1) is 12.3. The highest BCUT2D eigenvalue weighted by Crippen LogP contribution is 2.64. The third-order valence-electron chi connectivity index (χ3n) is 7.47. The lowest BCUT2D eigenvalue weighted by molar-refractivity contribution is -0.107. The number of aryl methyl sites for hydroxylation is 1. The quantitative estimate of drug-likeness (QED) is 0.678. The Hall–Kier alpha value is -1.83. The highest BCUT2D eigenvalue weighted by molar-refractivity contribution is 5.93. The van der Waals surface area contributed by atoms with Gasteiger partial charge in [-0.2, -0.15) is 0 Å². The fourth-order valence-corrected chi connectivity index (χ4v) is 6.23. The molecule has 1 aromatic rings. The normalized spacial score (nSPS) is 40.6. The van der Waals surface area contributed by atoms with Crippen LogP contribution in [0.25, 0.3) is 0 Å². The third-order valence-corrected chi connectivity index (χ3v) is 7.47. The molecule has 0 unspecified atom stereocenters. The first-order valence-electron chi connectivity index (χ1n) is 9.58. The second-order valence-electron chi connectivity index (χ2n) is 8.58. The van der Waals surface area contributed by atoms with Crippen molar-refractivity contribution >= 4 is 5.91 Å². The van der Waals surface area contributed by atoms with E-state index in [2.05, 4.69) is 18.8 Å². The molecule has 2 saturated carbocycles. The minimum atomic E-state index is -1.01. The molecule has 26 heavy (non-hydrogen) atoms. The molecule has 4 N–H and O–H groups in total. The van der Waals surface area contributed by atoms with E-state index in [1.807, 2.05) is 12.1 Å². The average molecular weight is 353 g/mol. The number of primary amides is 1. The van der Waals surface area contributed by atoms with Crippen LogP contribution in [0.1, 0.15) is 66.9 Å². The van der Waals surface area contributed by atoms with Crippen LogP contribution in [0.15, 0.2) is 18.2 Å². The molecule has 0 radical (unpaired) electrons. The molecule has 0 spiro atoms. The van der Waals surface area contributed by atoms with Gasteiger partial charge in [0.05, 0.1) is 6.10 Å². The number of aliphatic hydroxyl groups excluding tert-OH is 1. The fourth-order valence-electron chi connectivity index (χ4n) is 6.23. The smallest absolute Gasteiger partial charge is 0.248 e. The zero-order valence-corrected chi connectivity index (χ0v) is 15.5. The van der Waals surface area contributed by atoms with Gasteiger partial charge < -0.3 is 15.9 Å². The Balaban J connectivity index is 1.74. The SMILES string of the molecule is CC#C[C@]1(O)CC[C@H]2[C@@H]3CCc4cc(C(N)=O)ccc4[C@H]3[C@@H](O)C[C@@]21C. The molecule has 4 heteroatoms. The molecule has 4 nitrogen and oxygen atoms in total. The van der Waals surface area contributed by atoms with Crippen LogP contribution in [-0.2, 0) is 6.42 Å². The summed E-state index contributed by atoms with van der Waals surface area (Å²) in [5.41, 5.74) is 6.86. The second kappa shape index (κ2) is 5.84. The molecule has 1 aromatic carbocycles. The maximum atomic E-state index is 11.5. The van der Waals surface area contributed by atoms with E-state index in [0.717, 1.165) is 30.4 Å². The summed E-state index contributed by atoms with van der Waals surface area (Å²) in [7, 11) is 0. The zero-order chi connectivity index (χ0) is 18.7. The van der Waals surface area contributed by atoms with Gasteiger partial charge >= 0.3 is 0 Å². The van der Waals surface area contributed by atoms with Gasteiger partial charge in [0.25, 0.3) is 0 Å². The van der Waals surface area contributed by atoms with Gasteiger partial charge in [-0.1, -0.05) is 18.9 Å². The molecule has 0 saturated heterocycles. The number of amides is 1. The van der Waals surface area contributed by atoms with E-state index in [1.54, 1.807) is 13.0 Å². The van der Waals surface area contributed by atoms with E-state index in [-0.39, 0.29) is 11.3 Å². The lowest BCUT2D eigenvalue weighted by Gasteiger charge is -2.54. The lowest BCUT2D eigenvalue weighted by atomic mass is 9.52. The molecule has 4 rings (SSSR count). The summed E-state index contributed by atoms with van der Waals surface area (Å²) in [5, 5.41) is 22.3. The number of fused-ring (bicyclic) bond motifs is 5. The van der Waals surface area contributed by atoms with Crippen molar-refractivity contribution in [3.05, 3.63) is 34.9 Å². The van der Waals surface area contributed by atoms with E-state index >= 15 is 0 Å². The molecule has 6 atom stereocenters. The maximum absolute atomic E-state index is 11.5. The Morgan fingerprint density at radius 1 is 1.35 bits per heavy atom. The number of carbonyl (C=O) groups is 1. The van der Waals surface area contributed by atoms with Gasteiger partial charge in [-0.25, -0.2) is 0 Å². The van der Waals surface area contributed by atoms with Crippen molar-refractivity contribution in [1.29, 1.82) is 0 Å². The molecule has 138 valence electrons. The van der Waals surface area contributed by atoms with Crippen molar-refractivity contribution in [3.8, 4) is 11.8 Å². The first kappa shape index (κ1) is 17.6. The van der Waals surface area contributed by atoms with Gasteiger partial charge in [0.1, 0.15) is 5.60 Å². The Kier molecular flexibility index (Phi) is 3.95. The summed E-state index contributed by atoms with van der Waals surface area (Å²) < 4.78 is 0. The monoisotopic (exact) mass is 353 g/mol. The van der Waals surface area contributed by atoms with Crippen LogP contribution in [0.3, 0.4) is 0 Å². The van der Waals surface area contributed by atoms with Gasteiger partial charge in [0.2, 0.25) is 5.91 Å². The molecule has 3 aliphatic carbocycles. The van der Waals surface area contributed by atoms with Crippen LogP contribution in [0.5, 0.6) is 0 Å². The predicted octanol–water partition coefficient (Wildman–Crippen LogP) is 2.37. The molecule has 0 bridgehead atoms. The van der Waals surface area contributed by atoms with E-state index in [9.17, 15) is 15.0 Å².